The molecular formula is C26H49N. The summed E-state index contributed by atoms with van der Waals surface area (Å²) in [4.78, 5) is 0. The van der Waals surface area contributed by atoms with E-state index in [4.69, 9.17) is 0 Å². The zero-order valence-corrected chi connectivity index (χ0v) is 18.6. The molecule has 0 aromatic carbocycles. The Morgan fingerprint density at radius 3 is 1.37 bits per heavy atom. The minimum absolute atomic E-state index is 0.870. The second-order valence-electron chi connectivity index (χ2n) is 8.40. The maximum absolute atomic E-state index is 4.09. The standard InChI is InChI=1S/C26H49N/c1-5-6-7-8-9-10-11-12-13-14-15-16-17-18-19-20-21-22-23-26(4)27-24-25(2)3/h5,27H,1-2,4,6-24H2,3H3. The van der Waals surface area contributed by atoms with Gasteiger partial charge < -0.3 is 5.32 Å². The molecule has 0 heterocycles. The van der Waals surface area contributed by atoms with Gasteiger partial charge >= 0.3 is 0 Å². The highest BCUT2D eigenvalue weighted by Crippen LogP contribution is 2.14. The Morgan fingerprint density at radius 2 is 1.00 bits per heavy atom. The van der Waals surface area contributed by atoms with Crippen LogP contribution in [0.15, 0.2) is 37.1 Å². The summed E-state index contributed by atoms with van der Waals surface area (Å²) in [5.74, 6) is 0. The van der Waals surface area contributed by atoms with Crippen molar-refractivity contribution in [3.8, 4) is 0 Å². The average molecular weight is 376 g/mol. The van der Waals surface area contributed by atoms with Crippen LogP contribution in [0, 0.1) is 0 Å². The van der Waals surface area contributed by atoms with Gasteiger partial charge in [0.2, 0.25) is 0 Å². The molecule has 0 spiro atoms. The van der Waals surface area contributed by atoms with Crippen LogP contribution in [-0.4, -0.2) is 6.54 Å². The van der Waals surface area contributed by atoms with Crippen molar-refractivity contribution in [1.82, 2.24) is 5.32 Å². The van der Waals surface area contributed by atoms with Gasteiger partial charge in [0, 0.05) is 12.2 Å². The van der Waals surface area contributed by atoms with E-state index in [-0.39, 0.29) is 0 Å². The van der Waals surface area contributed by atoms with Gasteiger partial charge in [0.15, 0.2) is 0 Å². The van der Waals surface area contributed by atoms with Gasteiger partial charge in [0.25, 0.3) is 0 Å². The fourth-order valence-corrected chi connectivity index (χ4v) is 3.47. The summed E-state index contributed by atoms with van der Waals surface area (Å²) in [6.45, 7) is 14.7. The van der Waals surface area contributed by atoms with E-state index >= 15 is 0 Å². The second kappa shape index (κ2) is 21.3. The molecule has 0 fully saturated rings. The summed E-state index contributed by atoms with van der Waals surface area (Å²) < 4.78 is 0. The third-order valence-corrected chi connectivity index (χ3v) is 5.28. The third kappa shape index (κ3) is 23.0. The number of hydrogen-bond donors (Lipinski definition) is 1. The van der Waals surface area contributed by atoms with E-state index in [0.717, 1.165) is 13.0 Å². The molecule has 0 bridgehead atoms. The van der Waals surface area contributed by atoms with Gasteiger partial charge in [-0.25, -0.2) is 0 Å². The summed E-state index contributed by atoms with van der Waals surface area (Å²) in [5.41, 5.74) is 2.34. The molecule has 1 N–H and O–H groups in total. The molecule has 0 aliphatic heterocycles. The molecule has 0 amide bonds. The molecule has 0 saturated heterocycles. The molecule has 27 heavy (non-hydrogen) atoms. The maximum Gasteiger partial charge on any atom is 0.0351 e. The monoisotopic (exact) mass is 375 g/mol. The lowest BCUT2D eigenvalue weighted by atomic mass is 10.0. The van der Waals surface area contributed by atoms with Crippen LogP contribution in [0.3, 0.4) is 0 Å². The van der Waals surface area contributed by atoms with E-state index in [1.165, 1.54) is 120 Å². The van der Waals surface area contributed by atoms with Gasteiger partial charge in [-0.3, -0.25) is 0 Å². The highest BCUT2D eigenvalue weighted by molar-refractivity contribution is 4.99. The largest absolute Gasteiger partial charge is 0.385 e. The van der Waals surface area contributed by atoms with Crippen LogP contribution < -0.4 is 5.32 Å². The molecule has 1 nitrogen and oxygen atoms in total. The molecule has 0 aromatic rings. The first-order valence-corrected chi connectivity index (χ1v) is 11.8. The second-order valence-corrected chi connectivity index (χ2v) is 8.40. The first-order valence-electron chi connectivity index (χ1n) is 11.8. The highest BCUT2D eigenvalue weighted by Gasteiger charge is 1.96. The van der Waals surface area contributed by atoms with Gasteiger partial charge in [0.05, 0.1) is 0 Å². The van der Waals surface area contributed by atoms with Gasteiger partial charge in [-0.15, -0.1) is 6.58 Å². The normalized spacial score (nSPS) is 10.7. The Kier molecular flexibility index (Phi) is 20.5. The summed E-state index contributed by atoms with van der Waals surface area (Å²) in [7, 11) is 0. The number of allylic oxidation sites excluding steroid dienone is 2. The summed E-state index contributed by atoms with van der Waals surface area (Å²) in [5, 5.41) is 3.34. The van der Waals surface area contributed by atoms with Crippen LogP contribution in [0.4, 0.5) is 0 Å². The minimum Gasteiger partial charge on any atom is -0.385 e. The molecule has 0 aromatic heterocycles. The van der Waals surface area contributed by atoms with Crippen LogP contribution in [0.25, 0.3) is 0 Å². The Labute approximate surface area is 171 Å². The van der Waals surface area contributed by atoms with Crippen molar-refractivity contribution in [2.75, 3.05) is 6.54 Å². The Bertz CT molecular complexity index is 355. The first kappa shape index (κ1) is 26.0. The van der Waals surface area contributed by atoms with Crippen molar-refractivity contribution >= 4 is 0 Å². The van der Waals surface area contributed by atoms with Crippen molar-refractivity contribution in [2.45, 2.75) is 122 Å². The first-order chi connectivity index (χ1) is 13.2. The van der Waals surface area contributed by atoms with Crippen molar-refractivity contribution in [2.24, 2.45) is 0 Å². The third-order valence-electron chi connectivity index (χ3n) is 5.28. The molecule has 0 unspecified atom stereocenters. The van der Waals surface area contributed by atoms with Gasteiger partial charge in [-0.2, -0.15) is 0 Å². The van der Waals surface area contributed by atoms with Gasteiger partial charge in [-0.05, 0) is 32.6 Å². The van der Waals surface area contributed by atoms with E-state index < -0.39 is 0 Å². The Balaban J connectivity index is 3.09. The molecule has 158 valence electrons. The van der Waals surface area contributed by atoms with Crippen molar-refractivity contribution in [1.29, 1.82) is 0 Å². The maximum atomic E-state index is 4.09. The van der Waals surface area contributed by atoms with E-state index in [0.29, 0.717) is 0 Å². The van der Waals surface area contributed by atoms with E-state index in [1.54, 1.807) is 0 Å². The number of rotatable bonds is 22. The van der Waals surface area contributed by atoms with Crippen LogP contribution >= 0.6 is 0 Å². The predicted molar refractivity (Wildman–Crippen MR) is 125 cm³/mol. The smallest absolute Gasteiger partial charge is 0.0351 e. The quantitative estimate of drug-likeness (QED) is 0.147. The zero-order chi connectivity index (χ0) is 20.0. The van der Waals surface area contributed by atoms with Crippen molar-refractivity contribution in [3.05, 3.63) is 37.1 Å². The Morgan fingerprint density at radius 1 is 0.630 bits per heavy atom. The lowest BCUT2D eigenvalue weighted by Gasteiger charge is -2.09. The van der Waals surface area contributed by atoms with E-state index in [9.17, 15) is 0 Å². The van der Waals surface area contributed by atoms with E-state index in [1.807, 2.05) is 13.0 Å². The van der Waals surface area contributed by atoms with Gasteiger partial charge in [0.1, 0.15) is 0 Å². The zero-order valence-electron chi connectivity index (χ0n) is 18.6. The number of unbranched alkanes of at least 4 members (excludes halogenated alkanes) is 16. The van der Waals surface area contributed by atoms with Crippen LogP contribution in [0.2, 0.25) is 0 Å². The van der Waals surface area contributed by atoms with Crippen molar-refractivity contribution in [3.63, 3.8) is 0 Å². The lowest BCUT2D eigenvalue weighted by Crippen LogP contribution is -2.14. The Hall–Kier alpha value is -0.980. The highest BCUT2D eigenvalue weighted by atomic mass is 14.9. The lowest BCUT2D eigenvalue weighted by molar-refractivity contribution is 0.527. The molecule has 0 saturated carbocycles. The fraction of sp³-hybridized carbons (Fsp3) is 0.769. The molecule has 0 rings (SSSR count). The number of hydrogen-bond acceptors (Lipinski definition) is 1. The van der Waals surface area contributed by atoms with Crippen molar-refractivity contribution < 1.29 is 0 Å². The van der Waals surface area contributed by atoms with Crippen LogP contribution in [0.1, 0.15) is 122 Å². The molecule has 0 aliphatic carbocycles. The molecule has 0 radical (unpaired) electrons. The average Bonchev–Trinajstić information content (AvgIpc) is 2.65. The topological polar surface area (TPSA) is 12.0 Å². The molecular weight excluding hydrogens is 326 g/mol. The SMILES string of the molecule is C=CCCCCCCCCCCCCCCCCCCC(=C)NCC(=C)C. The molecule has 1 heteroatoms. The molecule has 0 aliphatic rings. The minimum atomic E-state index is 0.870. The van der Waals surface area contributed by atoms with Gasteiger partial charge in [-0.1, -0.05) is 115 Å². The predicted octanol–water partition coefficient (Wildman–Crippen LogP) is 8.87. The van der Waals surface area contributed by atoms with Crippen LogP contribution in [-0.2, 0) is 0 Å². The van der Waals surface area contributed by atoms with E-state index in [2.05, 4.69) is 25.1 Å². The fourth-order valence-electron chi connectivity index (χ4n) is 3.47. The number of nitrogens with one attached hydrogen (secondary N) is 1. The summed E-state index contributed by atoms with van der Waals surface area (Å²) >= 11 is 0. The summed E-state index contributed by atoms with van der Waals surface area (Å²) in [6, 6.07) is 0. The summed E-state index contributed by atoms with van der Waals surface area (Å²) in [6.07, 6.45) is 27.0. The van der Waals surface area contributed by atoms with Crippen LogP contribution in [0.5, 0.6) is 0 Å². The molecule has 0 atom stereocenters.